The maximum atomic E-state index is 10.9. The van der Waals surface area contributed by atoms with Gasteiger partial charge in [-0.15, -0.1) is 0 Å². The third-order valence-corrected chi connectivity index (χ3v) is 1.97. The molecule has 0 spiro atoms. The van der Waals surface area contributed by atoms with Gasteiger partial charge in [-0.2, -0.15) is 0 Å². The number of carbonyl (C=O) groups excluding carboxylic acids is 1. The molecular formula is C10H11N2O4. The zero-order valence-corrected chi connectivity index (χ0v) is 8.89. The highest BCUT2D eigenvalue weighted by Gasteiger charge is 2.30. The average Bonchev–Trinajstić information content (AvgIpc) is 2.17. The summed E-state index contributed by atoms with van der Waals surface area (Å²) in [6.07, 6.45) is 0. The van der Waals surface area contributed by atoms with Crippen molar-refractivity contribution in [1.82, 2.24) is 5.73 Å². The highest BCUT2D eigenvalue weighted by molar-refractivity contribution is 5.82. The predicted molar refractivity (Wildman–Crippen MR) is 55.9 cm³/mol. The standard InChI is InChI=1S/C10H11N2O4/c1-10(2,9(11)13)16-8-6-4-3-5-7(8)12(14)15/h3-6,11H,1-2H3. The van der Waals surface area contributed by atoms with E-state index in [0.717, 1.165) is 0 Å². The van der Waals surface area contributed by atoms with E-state index in [0.29, 0.717) is 0 Å². The second-order valence-electron chi connectivity index (χ2n) is 3.67. The van der Waals surface area contributed by atoms with Crippen molar-refractivity contribution < 1.29 is 14.5 Å². The van der Waals surface area contributed by atoms with E-state index in [1.54, 1.807) is 6.07 Å². The molecule has 0 bridgehead atoms. The number of para-hydroxylation sites is 2. The predicted octanol–water partition coefficient (Wildman–Crippen LogP) is 1.56. The van der Waals surface area contributed by atoms with E-state index < -0.39 is 16.4 Å². The van der Waals surface area contributed by atoms with Crippen LogP contribution in [0.3, 0.4) is 0 Å². The van der Waals surface area contributed by atoms with E-state index in [-0.39, 0.29) is 11.4 Å². The summed E-state index contributed by atoms with van der Waals surface area (Å²) in [5.41, 5.74) is 5.35. The molecule has 6 nitrogen and oxygen atoms in total. The van der Waals surface area contributed by atoms with E-state index in [1.165, 1.54) is 32.0 Å². The number of carbonyl (C=O) groups is 1. The van der Waals surface area contributed by atoms with Crippen LogP contribution in [0.5, 0.6) is 5.75 Å². The minimum absolute atomic E-state index is 0.0156. The van der Waals surface area contributed by atoms with Crippen LogP contribution in [0.2, 0.25) is 0 Å². The summed E-state index contributed by atoms with van der Waals surface area (Å²) >= 11 is 0. The molecule has 85 valence electrons. The van der Waals surface area contributed by atoms with Crippen LogP contribution in [-0.2, 0) is 4.79 Å². The summed E-state index contributed by atoms with van der Waals surface area (Å²) in [6, 6.07) is 5.73. The number of nitro benzene ring substituents is 1. The number of nitrogens with one attached hydrogen (secondary N) is 1. The van der Waals surface area contributed by atoms with Gasteiger partial charge in [0.25, 0.3) is 5.91 Å². The zero-order valence-electron chi connectivity index (χ0n) is 8.89. The van der Waals surface area contributed by atoms with Gasteiger partial charge in [0.2, 0.25) is 0 Å². The lowest BCUT2D eigenvalue weighted by molar-refractivity contribution is -0.386. The molecule has 0 aliphatic heterocycles. The first-order valence-corrected chi connectivity index (χ1v) is 4.53. The summed E-state index contributed by atoms with van der Waals surface area (Å²) in [5, 5.41) is 10.7. The molecule has 0 saturated carbocycles. The van der Waals surface area contributed by atoms with Crippen molar-refractivity contribution in [3.63, 3.8) is 0 Å². The monoisotopic (exact) mass is 223 g/mol. The lowest BCUT2D eigenvalue weighted by atomic mass is 10.1. The number of rotatable bonds is 4. The summed E-state index contributed by atoms with van der Waals surface area (Å²) in [6.45, 7) is 2.78. The fourth-order valence-corrected chi connectivity index (χ4v) is 1.02. The van der Waals surface area contributed by atoms with Crippen molar-refractivity contribution in [3.8, 4) is 5.75 Å². The smallest absolute Gasteiger partial charge is 0.310 e. The quantitative estimate of drug-likeness (QED) is 0.571. The Morgan fingerprint density at radius 2 is 2.00 bits per heavy atom. The fraction of sp³-hybridized carbons (Fsp3) is 0.300. The molecule has 1 rings (SSSR count). The Kier molecular flexibility index (Phi) is 3.12. The number of ether oxygens (including phenoxy) is 1. The van der Waals surface area contributed by atoms with Crippen LogP contribution in [-0.4, -0.2) is 16.4 Å². The molecule has 0 saturated heterocycles. The Labute approximate surface area is 92.2 Å². The Bertz CT molecular complexity index is 429. The first kappa shape index (κ1) is 12.0. The van der Waals surface area contributed by atoms with Crippen LogP contribution in [0.1, 0.15) is 13.8 Å². The van der Waals surface area contributed by atoms with Crippen LogP contribution in [0, 0.1) is 10.1 Å². The van der Waals surface area contributed by atoms with Crippen molar-refractivity contribution in [2.24, 2.45) is 0 Å². The molecule has 0 aliphatic carbocycles. The molecule has 0 atom stereocenters. The van der Waals surface area contributed by atoms with Gasteiger partial charge in [-0.05, 0) is 19.9 Å². The Morgan fingerprint density at radius 3 is 2.50 bits per heavy atom. The van der Waals surface area contributed by atoms with Gasteiger partial charge in [0.1, 0.15) is 0 Å². The molecule has 1 aromatic carbocycles. The molecule has 0 aliphatic rings. The number of benzene rings is 1. The number of hydrogen-bond acceptors (Lipinski definition) is 4. The second kappa shape index (κ2) is 4.18. The molecular weight excluding hydrogens is 212 g/mol. The van der Waals surface area contributed by atoms with Crippen LogP contribution in [0.4, 0.5) is 5.69 Å². The van der Waals surface area contributed by atoms with Crippen molar-refractivity contribution in [3.05, 3.63) is 34.4 Å². The lowest BCUT2D eigenvalue weighted by Gasteiger charge is -2.21. The second-order valence-corrected chi connectivity index (χ2v) is 3.67. The zero-order chi connectivity index (χ0) is 12.3. The molecule has 1 radical (unpaired) electrons. The van der Waals surface area contributed by atoms with Gasteiger partial charge in [-0.25, -0.2) is 0 Å². The Balaban J connectivity index is 3.06. The van der Waals surface area contributed by atoms with Crippen LogP contribution >= 0.6 is 0 Å². The molecule has 1 aromatic rings. The fourth-order valence-electron chi connectivity index (χ4n) is 1.02. The molecule has 1 N–H and O–H groups in total. The number of amides is 1. The molecule has 0 fully saturated rings. The molecule has 1 amide bonds. The van der Waals surface area contributed by atoms with E-state index in [4.69, 9.17) is 10.5 Å². The van der Waals surface area contributed by atoms with Crippen molar-refractivity contribution in [2.45, 2.75) is 19.4 Å². The normalized spacial score (nSPS) is 10.9. The van der Waals surface area contributed by atoms with Gasteiger partial charge < -0.3 is 4.74 Å². The van der Waals surface area contributed by atoms with Crippen LogP contribution in [0.15, 0.2) is 24.3 Å². The van der Waals surface area contributed by atoms with E-state index in [9.17, 15) is 14.9 Å². The van der Waals surface area contributed by atoms with Gasteiger partial charge in [0, 0.05) is 6.07 Å². The number of nitro groups is 1. The molecule has 6 heteroatoms. The highest BCUT2D eigenvalue weighted by atomic mass is 16.6. The van der Waals surface area contributed by atoms with E-state index in [2.05, 4.69) is 0 Å². The van der Waals surface area contributed by atoms with Crippen LogP contribution < -0.4 is 10.5 Å². The Hall–Kier alpha value is -2.11. The van der Waals surface area contributed by atoms with Gasteiger partial charge in [0.15, 0.2) is 11.4 Å². The minimum Gasteiger partial charge on any atom is -0.471 e. The van der Waals surface area contributed by atoms with Gasteiger partial charge >= 0.3 is 5.69 Å². The lowest BCUT2D eigenvalue weighted by Crippen LogP contribution is -2.39. The number of nitrogens with zero attached hydrogens (tertiary/aromatic N) is 1. The Morgan fingerprint density at radius 1 is 1.44 bits per heavy atom. The maximum Gasteiger partial charge on any atom is 0.310 e. The molecule has 0 aromatic heterocycles. The van der Waals surface area contributed by atoms with Crippen molar-refractivity contribution in [2.75, 3.05) is 0 Å². The third kappa shape index (κ3) is 2.47. The first-order valence-electron chi connectivity index (χ1n) is 4.53. The molecule has 0 heterocycles. The van der Waals surface area contributed by atoms with Gasteiger partial charge in [-0.3, -0.25) is 20.6 Å². The largest absolute Gasteiger partial charge is 0.471 e. The van der Waals surface area contributed by atoms with Crippen molar-refractivity contribution >= 4 is 11.6 Å². The van der Waals surface area contributed by atoms with Gasteiger partial charge in [-0.1, -0.05) is 12.1 Å². The average molecular weight is 223 g/mol. The number of hydrogen-bond donors (Lipinski definition) is 0. The topological polar surface area (TPSA) is 93.2 Å². The summed E-state index contributed by atoms with van der Waals surface area (Å²) in [5.74, 6) is -0.955. The SMILES string of the molecule is CC(C)(Oc1ccccc1[N+](=O)[O-])C([NH])=O. The van der Waals surface area contributed by atoms with E-state index >= 15 is 0 Å². The van der Waals surface area contributed by atoms with Crippen LogP contribution in [0.25, 0.3) is 0 Å². The summed E-state index contributed by atoms with van der Waals surface area (Å²) in [7, 11) is 0. The molecule has 16 heavy (non-hydrogen) atoms. The third-order valence-electron chi connectivity index (χ3n) is 1.97. The van der Waals surface area contributed by atoms with Crippen molar-refractivity contribution in [1.29, 1.82) is 0 Å². The first-order chi connectivity index (χ1) is 7.34. The minimum atomic E-state index is -1.40. The molecule has 0 unspecified atom stereocenters. The maximum absolute atomic E-state index is 10.9. The van der Waals surface area contributed by atoms with E-state index in [1.807, 2.05) is 0 Å². The summed E-state index contributed by atoms with van der Waals surface area (Å²) in [4.78, 5) is 21.0. The highest BCUT2D eigenvalue weighted by Crippen LogP contribution is 2.29. The van der Waals surface area contributed by atoms with Gasteiger partial charge in [0.05, 0.1) is 4.92 Å². The summed E-state index contributed by atoms with van der Waals surface area (Å²) < 4.78 is 5.18.